The van der Waals surface area contributed by atoms with Gasteiger partial charge in [0.25, 0.3) is 0 Å². The highest BCUT2D eigenvalue weighted by Gasteiger charge is 2.25. The van der Waals surface area contributed by atoms with Crippen molar-refractivity contribution in [2.45, 2.75) is 32.5 Å². The maximum absolute atomic E-state index is 10.9. The number of amides is 1. The van der Waals surface area contributed by atoms with Gasteiger partial charge >= 0.3 is 0 Å². The molecule has 4 N–H and O–H groups in total. The van der Waals surface area contributed by atoms with Gasteiger partial charge in [0.2, 0.25) is 11.8 Å². The van der Waals surface area contributed by atoms with Crippen molar-refractivity contribution < 1.29 is 14.6 Å². The van der Waals surface area contributed by atoms with Gasteiger partial charge in [-0.15, -0.1) is 0 Å². The average Bonchev–Trinajstić information content (AvgIpc) is 2.79. The summed E-state index contributed by atoms with van der Waals surface area (Å²) in [5.41, 5.74) is 5.34. The smallest absolute Gasteiger partial charge is 0.241 e. The van der Waals surface area contributed by atoms with Crippen LogP contribution in [0.1, 0.15) is 26.3 Å². The van der Waals surface area contributed by atoms with E-state index in [9.17, 15) is 9.90 Å². The van der Waals surface area contributed by atoms with Crippen molar-refractivity contribution in [1.82, 2.24) is 15.0 Å². The van der Waals surface area contributed by atoms with E-state index in [0.717, 1.165) is 0 Å². The lowest BCUT2D eigenvalue weighted by Gasteiger charge is -2.26. The van der Waals surface area contributed by atoms with E-state index in [1.54, 1.807) is 33.0 Å². The quantitative estimate of drug-likeness (QED) is 0.711. The second-order valence-corrected chi connectivity index (χ2v) is 5.30. The molecule has 0 aromatic carbocycles. The number of hydrogen-bond acceptors (Lipinski definition) is 5. The van der Waals surface area contributed by atoms with Crippen LogP contribution in [0.4, 0.5) is 0 Å². The molecule has 0 aliphatic carbocycles. The highest BCUT2D eigenvalue weighted by molar-refractivity contribution is 5.96. The average molecular weight is 290 g/mol. The number of nitrogens with one attached hydrogen (secondary N) is 1. The zero-order valence-electron chi connectivity index (χ0n) is 12.1. The van der Waals surface area contributed by atoms with Crippen LogP contribution in [0, 0.1) is 0 Å². The molecule has 112 valence electrons. The van der Waals surface area contributed by atoms with Crippen LogP contribution in [0.25, 0.3) is 17.1 Å². The molecule has 0 saturated carbocycles. The van der Waals surface area contributed by atoms with Crippen molar-refractivity contribution in [3.8, 4) is 5.88 Å². The molecule has 0 spiro atoms. The monoisotopic (exact) mass is 290 g/mol. The van der Waals surface area contributed by atoms with E-state index in [4.69, 9.17) is 10.5 Å². The first-order valence-electron chi connectivity index (χ1n) is 6.47. The number of carbonyl (C=O) groups excluding carboxylic acids is 1. The van der Waals surface area contributed by atoms with E-state index < -0.39 is 17.6 Å². The molecule has 2 aromatic heterocycles. The molecule has 2 aromatic rings. The number of rotatable bonds is 5. The number of hydrogen-bond donors (Lipinski definition) is 3. The summed E-state index contributed by atoms with van der Waals surface area (Å²) < 4.78 is 5.73. The van der Waals surface area contributed by atoms with Gasteiger partial charge in [-0.1, -0.05) is 0 Å². The van der Waals surface area contributed by atoms with E-state index >= 15 is 0 Å². The van der Waals surface area contributed by atoms with Crippen LogP contribution in [-0.4, -0.2) is 37.7 Å². The molecule has 0 aliphatic rings. The maximum atomic E-state index is 10.9. The van der Waals surface area contributed by atoms with Crippen molar-refractivity contribution >= 4 is 23.0 Å². The summed E-state index contributed by atoms with van der Waals surface area (Å²) in [6, 6.07) is 0. The maximum Gasteiger partial charge on any atom is 0.241 e. The summed E-state index contributed by atoms with van der Waals surface area (Å²) in [6.45, 7) is 5.06. The summed E-state index contributed by atoms with van der Waals surface area (Å²) >= 11 is 0. The Morgan fingerprint density at radius 1 is 1.52 bits per heavy atom. The number of nitrogens with zero attached hydrogens (tertiary/aromatic N) is 2. The van der Waals surface area contributed by atoms with Crippen LogP contribution in [0.3, 0.4) is 0 Å². The number of aromatic amines is 1. The molecule has 2 heterocycles. The number of aliphatic hydroxyl groups is 1. The van der Waals surface area contributed by atoms with Crippen molar-refractivity contribution in [1.29, 1.82) is 0 Å². The molecule has 0 saturated heterocycles. The van der Waals surface area contributed by atoms with Gasteiger partial charge < -0.3 is 20.6 Å². The van der Waals surface area contributed by atoms with Crippen LogP contribution < -0.4 is 10.5 Å². The molecule has 0 fully saturated rings. The van der Waals surface area contributed by atoms with Crippen molar-refractivity contribution in [2.24, 2.45) is 5.73 Å². The third-order valence-corrected chi connectivity index (χ3v) is 3.18. The van der Waals surface area contributed by atoms with Gasteiger partial charge in [-0.2, -0.15) is 0 Å². The second-order valence-electron chi connectivity index (χ2n) is 5.30. The van der Waals surface area contributed by atoms with Crippen molar-refractivity contribution in [3.05, 3.63) is 24.2 Å². The number of nitrogens with two attached hydrogens (primary N) is 1. The number of aromatic nitrogens is 3. The fraction of sp³-hybridized carbons (Fsp3) is 0.357. The third kappa shape index (κ3) is 3.38. The molecule has 7 heteroatoms. The normalized spacial score (nSPS) is 13.7. The second kappa shape index (κ2) is 5.53. The minimum atomic E-state index is -1.02. The Kier molecular flexibility index (Phi) is 3.95. The van der Waals surface area contributed by atoms with Gasteiger partial charge in [0.05, 0.1) is 11.0 Å². The number of carbonyl (C=O) groups is 1. The molecule has 0 aliphatic heterocycles. The largest absolute Gasteiger partial charge is 0.471 e. The molecule has 0 bridgehead atoms. The first kappa shape index (κ1) is 15.0. The molecular formula is C14H18N4O3. The van der Waals surface area contributed by atoms with Gasteiger partial charge in [-0.05, 0) is 26.8 Å². The highest BCUT2D eigenvalue weighted by atomic mass is 16.5. The van der Waals surface area contributed by atoms with Crippen LogP contribution in [-0.2, 0) is 4.79 Å². The van der Waals surface area contributed by atoms with Crippen LogP contribution in [0.15, 0.2) is 18.6 Å². The lowest BCUT2D eigenvalue weighted by atomic mass is 10.0. The Hall–Kier alpha value is -2.41. The van der Waals surface area contributed by atoms with Crippen LogP contribution >= 0.6 is 0 Å². The lowest BCUT2D eigenvalue weighted by molar-refractivity contribution is -0.113. The van der Waals surface area contributed by atoms with Crippen LogP contribution in [0.2, 0.25) is 0 Å². The Morgan fingerprint density at radius 2 is 2.24 bits per heavy atom. The Labute approximate surface area is 121 Å². The minimum Gasteiger partial charge on any atom is -0.471 e. The topological polar surface area (TPSA) is 114 Å². The summed E-state index contributed by atoms with van der Waals surface area (Å²) in [5, 5.41) is 10.6. The van der Waals surface area contributed by atoms with E-state index in [1.807, 2.05) is 0 Å². The van der Waals surface area contributed by atoms with Gasteiger partial charge in [0, 0.05) is 17.8 Å². The van der Waals surface area contributed by atoms with E-state index in [2.05, 4.69) is 15.0 Å². The van der Waals surface area contributed by atoms with Gasteiger partial charge in [-0.3, -0.25) is 4.79 Å². The van der Waals surface area contributed by atoms with Gasteiger partial charge in [0.15, 0.2) is 0 Å². The number of primary amides is 1. The standard InChI is InChI=1S/C14H18N4O3/c1-8(14(2,3)20)21-13-11-9(4-5-10(15)19)6-16-12(11)17-7-18-13/h4-8,20H,1-3H3,(H2,15,19)(H,16,17,18)/b5-4+. The molecule has 0 radical (unpaired) electrons. The summed E-state index contributed by atoms with van der Waals surface area (Å²) in [7, 11) is 0. The lowest BCUT2D eigenvalue weighted by Crippen LogP contribution is -2.38. The SMILES string of the molecule is CC(Oc1ncnc2[nH]cc(/C=C/C(N)=O)c12)C(C)(C)O. The minimum absolute atomic E-state index is 0.333. The number of fused-ring (bicyclic) bond motifs is 1. The zero-order chi connectivity index (χ0) is 15.6. The van der Waals surface area contributed by atoms with E-state index in [-0.39, 0.29) is 0 Å². The van der Waals surface area contributed by atoms with Gasteiger partial charge in [-0.25, -0.2) is 9.97 Å². The van der Waals surface area contributed by atoms with Gasteiger partial charge in [0.1, 0.15) is 18.1 Å². The van der Waals surface area contributed by atoms with Crippen molar-refractivity contribution in [2.75, 3.05) is 0 Å². The Bertz CT molecular complexity index is 685. The molecule has 1 amide bonds. The number of ether oxygens (including phenoxy) is 1. The molecule has 1 atom stereocenters. The predicted octanol–water partition coefficient (Wildman–Crippen LogP) is 0.995. The van der Waals surface area contributed by atoms with Crippen molar-refractivity contribution in [3.63, 3.8) is 0 Å². The summed E-state index contributed by atoms with van der Waals surface area (Å²) in [5.74, 6) is -0.214. The Morgan fingerprint density at radius 3 is 2.86 bits per heavy atom. The fourth-order valence-corrected chi connectivity index (χ4v) is 1.66. The molecular weight excluding hydrogens is 272 g/mol. The first-order valence-corrected chi connectivity index (χ1v) is 6.47. The zero-order valence-corrected chi connectivity index (χ0v) is 12.1. The molecule has 1 unspecified atom stereocenters. The summed E-state index contributed by atoms with van der Waals surface area (Å²) in [6.07, 6.45) is 5.39. The fourth-order valence-electron chi connectivity index (χ4n) is 1.66. The van der Waals surface area contributed by atoms with E-state index in [0.29, 0.717) is 22.5 Å². The highest BCUT2D eigenvalue weighted by Crippen LogP contribution is 2.28. The van der Waals surface area contributed by atoms with E-state index in [1.165, 1.54) is 12.4 Å². The predicted molar refractivity (Wildman–Crippen MR) is 78.5 cm³/mol. The van der Waals surface area contributed by atoms with Crippen LogP contribution in [0.5, 0.6) is 5.88 Å². The Balaban J connectivity index is 2.44. The molecule has 21 heavy (non-hydrogen) atoms. The molecule has 7 nitrogen and oxygen atoms in total. The first-order chi connectivity index (χ1) is 9.79. The third-order valence-electron chi connectivity index (χ3n) is 3.18. The summed E-state index contributed by atoms with van der Waals surface area (Å²) in [4.78, 5) is 22.0. The number of H-pyrrole nitrogens is 1. The molecule has 2 rings (SSSR count).